The summed E-state index contributed by atoms with van der Waals surface area (Å²) >= 11 is 0. The van der Waals surface area contributed by atoms with Gasteiger partial charge in [0, 0.05) is 81.7 Å². The Morgan fingerprint density at radius 2 is 1.28 bits per heavy atom. The second kappa shape index (κ2) is 25.3. The van der Waals surface area contributed by atoms with Gasteiger partial charge in [-0.05, 0) is 67.1 Å². The minimum Gasteiger partial charge on any atom is -0.493 e. The molecule has 4 saturated heterocycles. The zero-order valence-corrected chi connectivity index (χ0v) is 43.6. The van der Waals surface area contributed by atoms with E-state index >= 15 is 0 Å². The maximum atomic E-state index is 13.7. The number of likely N-dealkylation sites (tertiary alicyclic amines) is 2. The molecule has 4 aromatic heterocycles. The van der Waals surface area contributed by atoms with E-state index in [0.29, 0.717) is 86.7 Å². The number of nitrogens with one attached hydrogen (secondary N) is 2. The molecule has 8 heterocycles. The normalized spacial score (nSPS) is 20.9. The summed E-state index contributed by atoms with van der Waals surface area (Å²) in [6, 6.07) is 22.7. The lowest BCUT2D eigenvalue weighted by Crippen LogP contribution is -2.48. The van der Waals surface area contributed by atoms with Gasteiger partial charge in [-0.15, -0.1) is 0 Å². The summed E-state index contributed by atoms with van der Waals surface area (Å²) in [7, 11) is 3.06. The molecular formula is C56H64N10O12. The molecule has 22 heteroatoms. The number of hydrogen-bond donors (Lipinski definition) is 2. The van der Waals surface area contributed by atoms with E-state index in [4.69, 9.17) is 37.9 Å². The second-order valence-electron chi connectivity index (χ2n) is 19.8. The SMILES string of the molecule is COc1cc(O[C@@H]2CO[C@@H](C(=O)Nc3cnn(CC(=O)N4CCC(COc5ccccc5Cc5ccc(OCC6CCCCN6C(=O)Cn6cc(NC(=O)[C@H]7C[C@H](Oc8ccnc(OC)c8)CO7)cn6)cc5)C4)c3)C2)ccn1. The Labute approximate surface area is 451 Å². The van der Waals surface area contributed by atoms with E-state index in [0.717, 1.165) is 48.3 Å². The van der Waals surface area contributed by atoms with Crippen molar-refractivity contribution in [2.75, 3.05) is 70.9 Å². The van der Waals surface area contributed by atoms with Crippen LogP contribution in [-0.4, -0.2) is 154 Å². The number of nitrogens with zero attached hydrogens (tertiary/aromatic N) is 8. The van der Waals surface area contributed by atoms with Crippen LogP contribution in [0.15, 0.2) is 110 Å². The van der Waals surface area contributed by atoms with E-state index in [1.807, 2.05) is 52.3 Å². The number of carbonyl (C=O) groups excluding carboxylic acids is 4. The van der Waals surface area contributed by atoms with Gasteiger partial charge in [-0.25, -0.2) is 9.97 Å². The monoisotopic (exact) mass is 1070 g/mol. The zero-order chi connectivity index (χ0) is 53.8. The van der Waals surface area contributed by atoms with Crippen LogP contribution in [0.4, 0.5) is 11.4 Å². The van der Waals surface area contributed by atoms with Crippen LogP contribution in [0.5, 0.6) is 34.8 Å². The molecule has 4 aliphatic heterocycles. The number of pyridine rings is 2. The molecule has 0 saturated carbocycles. The van der Waals surface area contributed by atoms with Crippen molar-refractivity contribution in [2.24, 2.45) is 5.92 Å². The Kier molecular flexibility index (Phi) is 17.2. The summed E-state index contributed by atoms with van der Waals surface area (Å²) in [5.41, 5.74) is 3.08. The number of carbonyl (C=O) groups is 4. The largest absolute Gasteiger partial charge is 0.493 e. The van der Waals surface area contributed by atoms with Crippen molar-refractivity contribution in [2.45, 2.75) is 88.5 Å². The Morgan fingerprint density at radius 1 is 0.667 bits per heavy atom. The quantitative estimate of drug-likeness (QED) is 0.0888. The highest BCUT2D eigenvalue weighted by Crippen LogP contribution is 2.29. The molecule has 4 amide bonds. The van der Waals surface area contributed by atoms with Crippen molar-refractivity contribution in [1.29, 1.82) is 0 Å². The number of para-hydroxylation sites is 1. The second-order valence-corrected chi connectivity index (χ2v) is 19.8. The highest BCUT2D eigenvalue weighted by atomic mass is 16.6. The molecule has 0 radical (unpaired) electrons. The summed E-state index contributed by atoms with van der Waals surface area (Å²) < 4.78 is 49.5. The van der Waals surface area contributed by atoms with E-state index in [1.165, 1.54) is 36.0 Å². The summed E-state index contributed by atoms with van der Waals surface area (Å²) in [5, 5.41) is 14.4. The number of rotatable bonds is 22. The van der Waals surface area contributed by atoms with Crippen molar-refractivity contribution in [1.82, 2.24) is 39.3 Å². The molecule has 6 atom stereocenters. The number of hydrogen-bond acceptors (Lipinski definition) is 16. The molecule has 0 spiro atoms. The van der Waals surface area contributed by atoms with Crippen LogP contribution in [0.2, 0.25) is 0 Å². The van der Waals surface area contributed by atoms with Gasteiger partial charge in [-0.1, -0.05) is 30.3 Å². The van der Waals surface area contributed by atoms with Gasteiger partial charge in [0.1, 0.15) is 67.1 Å². The van der Waals surface area contributed by atoms with Gasteiger partial charge in [0.15, 0.2) is 0 Å². The molecule has 410 valence electrons. The van der Waals surface area contributed by atoms with Gasteiger partial charge >= 0.3 is 0 Å². The number of amides is 4. The first-order valence-electron chi connectivity index (χ1n) is 26.3. The van der Waals surface area contributed by atoms with Crippen LogP contribution in [0.3, 0.4) is 0 Å². The number of methoxy groups -OCH3 is 2. The lowest BCUT2D eigenvalue weighted by Gasteiger charge is -2.35. The lowest BCUT2D eigenvalue weighted by atomic mass is 10.0. The summed E-state index contributed by atoms with van der Waals surface area (Å²) in [4.78, 5) is 65.0. The van der Waals surface area contributed by atoms with Crippen LogP contribution < -0.4 is 39.1 Å². The number of ether oxygens (including phenoxy) is 8. The van der Waals surface area contributed by atoms with Crippen molar-refractivity contribution in [3.8, 4) is 34.8 Å². The molecule has 6 aromatic rings. The summed E-state index contributed by atoms with van der Waals surface area (Å²) in [6.45, 7) is 3.24. The first-order chi connectivity index (χ1) is 38.1. The molecule has 2 N–H and O–H groups in total. The highest BCUT2D eigenvalue weighted by Gasteiger charge is 2.35. The fourth-order valence-electron chi connectivity index (χ4n) is 10.0. The van der Waals surface area contributed by atoms with Gasteiger partial charge in [0.25, 0.3) is 11.8 Å². The van der Waals surface area contributed by atoms with Crippen molar-refractivity contribution < 1.29 is 57.1 Å². The fourth-order valence-corrected chi connectivity index (χ4v) is 10.0. The van der Waals surface area contributed by atoms with E-state index in [9.17, 15) is 19.2 Å². The highest BCUT2D eigenvalue weighted by molar-refractivity contribution is 5.94. The summed E-state index contributed by atoms with van der Waals surface area (Å²) in [6.07, 6.45) is 12.5. The van der Waals surface area contributed by atoms with Crippen molar-refractivity contribution >= 4 is 35.0 Å². The number of piperidine rings is 1. The van der Waals surface area contributed by atoms with Crippen LogP contribution >= 0.6 is 0 Å². The van der Waals surface area contributed by atoms with Gasteiger partial charge < -0.3 is 58.3 Å². The van der Waals surface area contributed by atoms with Crippen molar-refractivity contribution in [3.63, 3.8) is 0 Å². The van der Waals surface area contributed by atoms with E-state index < -0.39 is 12.2 Å². The lowest BCUT2D eigenvalue weighted by molar-refractivity contribution is -0.136. The molecule has 10 rings (SSSR count). The van der Waals surface area contributed by atoms with Crippen LogP contribution in [0, 0.1) is 5.92 Å². The third-order valence-electron chi connectivity index (χ3n) is 14.1. The summed E-state index contributed by atoms with van der Waals surface area (Å²) in [5.74, 6) is 2.96. The third-order valence-corrected chi connectivity index (χ3v) is 14.1. The Balaban J connectivity index is 0.629. The van der Waals surface area contributed by atoms with Gasteiger partial charge in [0.05, 0.1) is 63.9 Å². The molecule has 2 unspecified atom stereocenters. The van der Waals surface area contributed by atoms with Gasteiger partial charge in [0.2, 0.25) is 23.6 Å². The number of anilines is 2. The Hall–Kier alpha value is -8.24. The van der Waals surface area contributed by atoms with Crippen LogP contribution in [-0.2, 0) is 48.2 Å². The smallest absolute Gasteiger partial charge is 0.253 e. The zero-order valence-electron chi connectivity index (χ0n) is 43.6. The first-order valence-corrected chi connectivity index (χ1v) is 26.3. The maximum Gasteiger partial charge on any atom is 0.253 e. The molecule has 4 fully saturated rings. The molecular weight excluding hydrogens is 1000 g/mol. The van der Waals surface area contributed by atoms with Gasteiger partial charge in [-0.3, -0.25) is 28.5 Å². The third kappa shape index (κ3) is 14.0. The molecule has 78 heavy (non-hydrogen) atoms. The predicted molar refractivity (Wildman–Crippen MR) is 282 cm³/mol. The Bertz CT molecular complexity index is 3010. The molecule has 0 bridgehead atoms. The van der Waals surface area contributed by atoms with E-state index in [-0.39, 0.29) is 74.1 Å². The van der Waals surface area contributed by atoms with Crippen LogP contribution in [0.1, 0.15) is 49.7 Å². The minimum atomic E-state index is -0.697. The molecule has 2 aromatic carbocycles. The fraction of sp³-hybridized carbons (Fsp3) is 0.429. The van der Waals surface area contributed by atoms with Gasteiger partial charge in [-0.2, -0.15) is 10.2 Å². The van der Waals surface area contributed by atoms with E-state index in [1.54, 1.807) is 49.1 Å². The standard InChI is InChI=1S/C56H64N10O12/c1-71-51-24-44(14-17-57-51)77-46-22-49(75-35-46)55(69)61-40-26-59-64(29-40)31-53(67)63-20-16-38(28-63)33-74-48-9-4-3-7-39(48)21-37-10-12-43(13-11-37)73-34-42-8-5-6-19-66(42)54(68)32-65-30-41(27-60-65)62-56(70)50-23-47(36-76-50)78-45-15-18-58-52(25-45)72-2/h3-4,7,9-15,17-18,24-27,29-30,38,42,46-47,49-50H,5-6,8,16,19-23,28,31-36H2,1-2H3,(H,61,69)(H,62,70)/t38?,42?,46-,47-,49+,50+/m0/s1. The maximum absolute atomic E-state index is 13.7. The Morgan fingerprint density at radius 3 is 1.91 bits per heavy atom. The number of aromatic nitrogens is 6. The molecule has 4 aliphatic rings. The first kappa shape index (κ1) is 53.2. The van der Waals surface area contributed by atoms with Crippen LogP contribution in [0.25, 0.3) is 0 Å². The average molecular weight is 1070 g/mol. The molecule has 0 aliphatic carbocycles. The average Bonchev–Trinajstić information content (AvgIpc) is 4.36. The molecule has 22 nitrogen and oxygen atoms in total. The van der Waals surface area contributed by atoms with E-state index in [2.05, 4.69) is 36.9 Å². The van der Waals surface area contributed by atoms with Crippen molar-refractivity contribution in [3.05, 3.63) is 121 Å². The predicted octanol–water partition coefficient (Wildman–Crippen LogP) is 5.22. The topological polar surface area (TPSA) is 234 Å². The number of benzene rings is 2. The minimum absolute atomic E-state index is 0.0250.